The van der Waals surface area contributed by atoms with Crippen molar-refractivity contribution in [3.63, 3.8) is 0 Å². The zero-order valence-electron chi connectivity index (χ0n) is 10.6. The smallest absolute Gasteiger partial charge is 0.239 e. The van der Waals surface area contributed by atoms with Crippen LogP contribution >= 0.6 is 23.8 Å². The summed E-state index contributed by atoms with van der Waals surface area (Å²) in [4.78, 5) is 13.9. The van der Waals surface area contributed by atoms with E-state index in [2.05, 4.69) is 5.32 Å². The molecule has 6 heteroatoms. The highest BCUT2D eigenvalue weighted by atomic mass is 35.5. The fraction of sp³-hybridized carbons (Fsp3) is 0.385. The standard InChI is InChI=1S/C13H16ClN3OS/c1-17(7-12(18)16-9-3-4-9)11-5-2-8(14)6-10(11)13(15)19/h2,5-6,9H,3-4,7H2,1H3,(H2,15,19)(H,16,18). The number of carbonyl (C=O) groups is 1. The normalized spacial score (nSPS) is 14.0. The maximum Gasteiger partial charge on any atom is 0.239 e. The lowest BCUT2D eigenvalue weighted by Crippen LogP contribution is -2.37. The first-order valence-corrected chi connectivity index (χ1v) is 6.86. The van der Waals surface area contributed by atoms with Crippen LogP contribution in [0.4, 0.5) is 5.69 Å². The van der Waals surface area contributed by atoms with E-state index in [1.807, 2.05) is 18.0 Å². The van der Waals surface area contributed by atoms with Gasteiger partial charge >= 0.3 is 0 Å². The number of hydrogen-bond acceptors (Lipinski definition) is 3. The Balaban J connectivity index is 2.10. The average Bonchev–Trinajstić information content (AvgIpc) is 3.12. The van der Waals surface area contributed by atoms with Crippen molar-refractivity contribution in [1.82, 2.24) is 5.32 Å². The minimum Gasteiger partial charge on any atom is -0.389 e. The van der Waals surface area contributed by atoms with Crippen LogP contribution in [0.25, 0.3) is 0 Å². The van der Waals surface area contributed by atoms with Crippen LogP contribution in [0.3, 0.4) is 0 Å². The molecule has 0 atom stereocenters. The lowest BCUT2D eigenvalue weighted by molar-refractivity contribution is -0.119. The van der Waals surface area contributed by atoms with Gasteiger partial charge in [-0.15, -0.1) is 0 Å². The molecular weight excluding hydrogens is 282 g/mol. The van der Waals surface area contributed by atoms with E-state index < -0.39 is 0 Å². The molecule has 0 heterocycles. The van der Waals surface area contributed by atoms with E-state index in [0.717, 1.165) is 18.5 Å². The summed E-state index contributed by atoms with van der Waals surface area (Å²) in [5.74, 6) is 0.00818. The molecule has 0 bridgehead atoms. The van der Waals surface area contributed by atoms with Crippen LogP contribution in [-0.2, 0) is 4.79 Å². The molecule has 1 saturated carbocycles. The molecule has 1 fully saturated rings. The highest BCUT2D eigenvalue weighted by Crippen LogP contribution is 2.24. The summed E-state index contributed by atoms with van der Waals surface area (Å²) in [6, 6.07) is 5.66. The van der Waals surface area contributed by atoms with Gasteiger partial charge in [-0.1, -0.05) is 23.8 Å². The SMILES string of the molecule is CN(CC(=O)NC1CC1)c1ccc(Cl)cc1C(N)=S. The maximum atomic E-state index is 11.8. The van der Waals surface area contributed by atoms with Crippen LogP contribution in [0, 0.1) is 0 Å². The molecule has 102 valence electrons. The van der Waals surface area contributed by atoms with Gasteiger partial charge in [0.25, 0.3) is 0 Å². The van der Waals surface area contributed by atoms with Crippen LogP contribution in [-0.4, -0.2) is 30.5 Å². The summed E-state index contributed by atoms with van der Waals surface area (Å²) >= 11 is 10.9. The molecule has 4 nitrogen and oxygen atoms in total. The maximum absolute atomic E-state index is 11.8. The Kier molecular flexibility index (Phi) is 4.27. The Hall–Kier alpha value is -1.33. The highest BCUT2D eigenvalue weighted by molar-refractivity contribution is 7.80. The van der Waals surface area contributed by atoms with Gasteiger partial charge in [0.05, 0.1) is 6.54 Å². The van der Waals surface area contributed by atoms with E-state index in [0.29, 0.717) is 16.6 Å². The summed E-state index contributed by atoms with van der Waals surface area (Å²) in [5, 5.41) is 3.52. The molecule has 1 aliphatic carbocycles. The molecule has 0 saturated heterocycles. The average molecular weight is 298 g/mol. The minimum absolute atomic E-state index is 0.00818. The zero-order chi connectivity index (χ0) is 14.0. The van der Waals surface area contributed by atoms with Crippen LogP contribution in [0.15, 0.2) is 18.2 Å². The molecule has 0 radical (unpaired) electrons. The molecular formula is C13H16ClN3OS. The Morgan fingerprint density at radius 2 is 2.26 bits per heavy atom. The number of hydrogen-bond donors (Lipinski definition) is 2. The Morgan fingerprint density at radius 1 is 1.58 bits per heavy atom. The van der Waals surface area contributed by atoms with Gasteiger partial charge in [0.1, 0.15) is 4.99 Å². The lowest BCUT2D eigenvalue weighted by Gasteiger charge is -2.21. The number of nitrogens with zero attached hydrogens (tertiary/aromatic N) is 1. The van der Waals surface area contributed by atoms with Gasteiger partial charge < -0.3 is 16.0 Å². The van der Waals surface area contributed by atoms with Crippen LogP contribution < -0.4 is 16.0 Å². The van der Waals surface area contributed by atoms with Crippen molar-refractivity contribution in [3.05, 3.63) is 28.8 Å². The second kappa shape index (κ2) is 5.75. The summed E-state index contributed by atoms with van der Waals surface area (Å²) in [7, 11) is 1.83. The third-order valence-corrected chi connectivity index (χ3v) is 3.41. The fourth-order valence-corrected chi connectivity index (χ4v) is 2.18. The third-order valence-electron chi connectivity index (χ3n) is 2.96. The Labute approximate surface area is 122 Å². The number of nitrogens with two attached hydrogens (primary N) is 1. The van der Waals surface area contributed by atoms with E-state index in [1.165, 1.54) is 0 Å². The van der Waals surface area contributed by atoms with E-state index >= 15 is 0 Å². The number of thiocarbonyl (C=S) groups is 1. The zero-order valence-corrected chi connectivity index (χ0v) is 12.2. The second-order valence-electron chi connectivity index (χ2n) is 4.72. The van der Waals surface area contributed by atoms with Gasteiger partial charge in [0, 0.05) is 29.4 Å². The predicted molar refractivity (Wildman–Crippen MR) is 81.8 cm³/mol. The minimum atomic E-state index is 0.00818. The first kappa shape index (κ1) is 14.1. The first-order valence-electron chi connectivity index (χ1n) is 6.07. The van der Waals surface area contributed by atoms with E-state index in [1.54, 1.807) is 12.1 Å². The summed E-state index contributed by atoms with van der Waals surface area (Å²) in [5.41, 5.74) is 7.18. The lowest BCUT2D eigenvalue weighted by atomic mass is 10.1. The molecule has 0 aromatic heterocycles. The summed E-state index contributed by atoms with van der Waals surface area (Å²) in [6.07, 6.45) is 2.16. The van der Waals surface area contributed by atoms with Crippen LogP contribution in [0.1, 0.15) is 18.4 Å². The molecule has 2 rings (SSSR count). The number of halogens is 1. The molecule has 0 aliphatic heterocycles. The van der Waals surface area contributed by atoms with Crippen molar-refractivity contribution in [2.75, 3.05) is 18.5 Å². The van der Waals surface area contributed by atoms with Crippen molar-refractivity contribution in [3.8, 4) is 0 Å². The number of carbonyl (C=O) groups excluding carboxylic acids is 1. The van der Waals surface area contributed by atoms with Crippen LogP contribution in [0.5, 0.6) is 0 Å². The van der Waals surface area contributed by atoms with Gasteiger partial charge in [0.15, 0.2) is 0 Å². The summed E-state index contributed by atoms with van der Waals surface area (Å²) in [6.45, 7) is 0.272. The quantitative estimate of drug-likeness (QED) is 0.812. The van der Waals surface area contributed by atoms with Gasteiger partial charge in [-0.05, 0) is 31.0 Å². The monoisotopic (exact) mass is 297 g/mol. The summed E-state index contributed by atoms with van der Waals surface area (Å²) < 4.78 is 0. The van der Waals surface area contributed by atoms with Crippen molar-refractivity contribution in [1.29, 1.82) is 0 Å². The fourth-order valence-electron chi connectivity index (χ4n) is 1.84. The molecule has 1 aromatic carbocycles. The van der Waals surface area contributed by atoms with E-state index in [4.69, 9.17) is 29.6 Å². The van der Waals surface area contributed by atoms with Crippen molar-refractivity contribution in [2.45, 2.75) is 18.9 Å². The molecule has 1 aromatic rings. The van der Waals surface area contributed by atoms with E-state index in [9.17, 15) is 4.79 Å². The number of rotatable bonds is 5. The predicted octanol–water partition coefficient (Wildman–Crippen LogP) is 1.69. The number of anilines is 1. The second-order valence-corrected chi connectivity index (χ2v) is 5.60. The number of nitrogens with one attached hydrogen (secondary N) is 1. The van der Waals surface area contributed by atoms with E-state index in [-0.39, 0.29) is 17.4 Å². The highest BCUT2D eigenvalue weighted by Gasteiger charge is 2.24. The number of amides is 1. The number of benzene rings is 1. The van der Waals surface area contributed by atoms with Crippen molar-refractivity contribution < 1.29 is 4.79 Å². The molecule has 3 N–H and O–H groups in total. The number of likely N-dealkylation sites (N-methyl/N-ethyl adjacent to an activating group) is 1. The molecule has 0 unspecified atom stereocenters. The molecule has 19 heavy (non-hydrogen) atoms. The Bertz CT molecular complexity index is 517. The third kappa shape index (κ3) is 3.81. The molecule has 1 aliphatic rings. The van der Waals surface area contributed by atoms with Crippen molar-refractivity contribution >= 4 is 40.4 Å². The van der Waals surface area contributed by atoms with Gasteiger partial charge in [-0.2, -0.15) is 0 Å². The first-order chi connectivity index (χ1) is 8.97. The van der Waals surface area contributed by atoms with Gasteiger partial charge in [-0.25, -0.2) is 0 Å². The van der Waals surface area contributed by atoms with Gasteiger partial charge in [-0.3, -0.25) is 4.79 Å². The Morgan fingerprint density at radius 3 is 2.84 bits per heavy atom. The molecule has 0 spiro atoms. The van der Waals surface area contributed by atoms with Gasteiger partial charge in [0.2, 0.25) is 5.91 Å². The van der Waals surface area contributed by atoms with Crippen LogP contribution in [0.2, 0.25) is 5.02 Å². The molecule has 1 amide bonds. The largest absolute Gasteiger partial charge is 0.389 e. The van der Waals surface area contributed by atoms with Crippen molar-refractivity contribution in [2.24, 2.45) is 5.73 Å². The topological polar surface area (TPSA) is 58.4 Å².